The Morgan fingerprint density at radius 1 is 0.344 bits per heavy atom. The van der Waals surface area contributed by atoms with E-state index in [-0.39, 0.29) is 0 Å². The molecule has 1 nitrogen and oxygen atoms in total. The molecule has 0 heterocycles. The fraction of sp³-hybridized carbons (Fsp3) is 0.935. The second-order valence-electron chi connectivity index (χ2n) is 10.1. The summed E-state index contributed by atoms with van der Waals surface area (Å²) in [4.78, 5) is 0. The summed E-state index contributed by atoms with van der Waals surface area (Å²) >= 11 is 0. The topological polar surface area (TPSA) is 20.2 Å². The van der Waals surface area contributed by atoms with Gasteiger partial charge in [0.05, 0.1) is 0 Å². The Balaban J connectivity index is 3.07. The molecule has 0 radical (unpaired) electrons. The Bertz CT molecular complexity index is 378. The van der Waals surface area contributed by atoms with E-state index in [4.69, 9.17) is 5.11 Å². The van der Waals surface area contributed by atoms with Crippen LogP contribution in [0.1, 0.15) is 180 Å². The van der Waals surface area contributed by atoms with Crippen LogP contribution in [0.4, 0.5) is 0 Å². The van der Waals surface area contributed by atoms with Gasteiger partial charge in [-0.1, -0.05) is 148 Å². The fourth-order valence-corrected chi connectivity index (χ4v) is 4.50. The molecule has 0 bridgehead atoms. The normalized spacial score (nSPS) is 10.9. The van der Waals surface area contributed by atoms with Crippen molar-refractivity contribution in [1.29, 1.82) is 0 Å². The highest BCUT2D eigenvalue weighted by Gasteiger charge is 1.95. The molecule has 1 N–H and O–H groups in total. The summed E-state index contributed by atoms with van der Waals surface area (Å²) in [5.41, 5.74) is 0. The Labute approximate surface area is 203 Å². The molecule has 190 valence electrons. The summed E-state index contributed by atoms with van der Waals surface area (Å²) in [6.07, 6.45) is 36.8. The van der Waals surface area contributed by atoms with Gasteiger partial charge in [0.1, 0.15) is 0 Å². The molecule has 0 aromatic heterocycles. The maximum absolute atomic E-state index is 8.75. The first-order valence-corrected chi connectivity index (χ1v) is 15.0. The van der Waals surface area contributed by atoms with Crippen molar-refractivity contribution in [2.75, 3.05) is 6.61 Å². The number of unbranched alkanes of at least 4 members (excludes halogenated alkanes) is 25. The standard InChI is InChI=1S/C31H60O/c1-2-3-4-5-6-7-8-9-10-11-12-13-14-15-16-17-18-19-20-21-22-23-24-25-26-27-28-29-30-31-32/h32H,2-20,23-31H2,1H3. The molecule has 0 amide bonds. The van der Waals surface area contributed by atoms with Gasteiger partial charge in [-0.2, -0.15) is 0 Å². The fourth-order valence-electron chi connectivity index (χ4n) is 4.50. The molecule has 1 heteroatoms. The first-order chi connectivity index (χ1) is 15.9. The second-order valence-corrected chi connectivity index (χ2v) is 10.1. The van der Waals surface area contributed by atoms with Crippen LogP contribution in [0.2, 0.25) is 0 Å². The predicted octanol–water partition coefficient (Wildman–Crippen LogP) is 10.5. The van der Waals surface area contributed by atoms with E-state index >= 15 is 0 Å². The maximum Gasteiger partial charge on any atom is 0.0431 e. The van der Waals surface area contributed by atoms with Crippen molar-refractivity contribution < 1.29 is 5.11 Å². The third-order valence-corrected chi connectivity index (χ3v) is 6.74. The third-order valence-electron chi connectivity index (χ3n) is 6.74. The molecule has 0 aromatic carbocycles. The lowest BCUT2D eigenvalue weighted by atomic mass is 10.0. The summed E-state index contributed by atoms with van der Waals surface area (Å²) in [5.74, 6) is 6.75. The quantitative estimate of drug-likeness (QED) is 0.103. The molecule has 0 saturated heterocycles. The van der Waals surface area contributed by atoms with Crippen molar-refractivity contribution >= 4 is 0 Å². The number of aliphatic hydroxyl groups excluding tert-OH is 1. The molecule has 0 aliphatic heterocycles. The zero-order chi connectivity index (χ0) is 23.2. The van der Waals surface area contributed by atoms with Crippen LogP contribution >= 0.6 is 0 Å². The largest absolute Gasteiger partial charge is 0.396 e. The third kappa shape index (κ3) is 29.5. The highest BCUT2D eigenvalue weighted by atomic mass is 16.2. The highest BCUT2D eigenvalue weighted by Crippen LogP contribution is 2.14. The Kier molecular flexibility index (Phi) is 30.1. The number of hydrogen-bond acceptors (Lipinski definition) is 1. The molecule has 0 rings (SSSR count). The Morgan fingerprint density at radius 3 is 0.875 bits per heavy atom. The zero-order valence-corrected chi connectivity index (χ0v) is 22.2. The van der Waals surface area contributed by atoms with Crippen LogP contribution in [0.15, 0.2) is 0 Å². The minimum absolute atomic E-state index is 0.356. The maximum atomic E-state index is 8.75. The Hall–Kier alpha value is -0.480. The van der Waals surface area contributed by atoms with Crippen LogP contribution in [-0.2, 0) is 0 Å². The average molecular weight is 449 g/mol. The second kappa shape index (κ2) is 30.5. The minimum Gasteiger partial charge on any atom is -0.396 e. The summed E-state index contributed by atoms with van der Waals surface area (Å²) in [6, 6.07) is 0. The monoisotopic (exact) mass is 448 g/mol. The van der Waals surface area contributed by atoms with E-state index in [0.717, 1.165) is 19.3 Å². The molecular weight excluding hydrogens is 388 g/mol. The minimum atomic E-state index is 0.356. The summed E-state index contributed by atoms with van der Waals surface area (Å²) < 4.78 is 0. The van der Waals surface area contributed by atoms with Crippen molar-refractivity contribution in [3.8, 4) is 11.8 Å². The van der Waals surface area contributed by atoms with E-state index in [2.05, 4.69) is 18.8 Å². The molecule has 0 aromatic rings. The SMILES string of the molecule is CCCCCCCCCCCCCCCCCCCCC#CCCCCCCCCCO. The van der Waals surface area contributed by atoms with Crippen LogP contribution in [0, 0.1) is 11.8 Å². The number of rotatable bonds is 26. The van der Waals surface area contributed by atoms with Crippen LogP contribution in [0.5, 0.6) is 0 Å². The van der Waals surface area contributed by atoms with E-state index in [9.17, 15) is 0 Å². The summed E-state index contributed by atoms with van der Waals surface area (Å²) in [5, 5.41) is 8.75. The number of hydrogen-bond donors (Lipinski definition) is 1. The van der Waals surface area contributed by atoms with Crippen LogP contribution in [0.25, 0.3) is 0 Å². The van der Waals surface area contributed by atoms with Gasteiger partial charge in [-0.3, -0.25) is 0 Å². The van der Waals surface area contributed by atoms with Gasteiger partial charge in [-0.05, 0) is 19.3 Å². The van der Waals surface area contributed by atoms with E-state index in [1.54, 1.807) is 0 Å². The van der Waals surface area contributed by atoms with Gasteiger partial charge in [0.25, 0.3) is 0 Å². The molecule has 0 aliphatic rings. The van der Waals surface area contributed by atoms with Gasteiger partial charge in [0.2, 0.25) is 0 Å². The van der Waals surface area contributed by atoms with Crippen LogP contribution < -0.4 is 0 Å². The van der Waals surface area contributed by atoms with E-state index < -0.39 is 0 Å². The van der Waals surface area contributed by atoms with Crippen molar-refractivity contribution in [3.63, 3.8) is 0 Å². The van der Waals surface area contributed by atoms with Gasteiger partial charge < -0.3 is 5.11 Å². The van der Waals surface area contributed by atoms with Gasteiger partial charge in [-0.25, -0.2) is 0 Å². The lowest BCUT2D eigenvalue weighted by Crippen LogP contribution is -1.84. The lowest BCUT2D eigenvalue weighted by molar-refractivity contribution is 0.282. The van der Waals surface area contributed by atoms with E-state index in [0.29, 0.717) is 6.61 Å². The summed E-state index contributed by atoms with van der Waals surface area (Å²) in [7, 11) is 0. The molecule has 0 aliphatic carbocycles. The van der Waals surface area contributed by atoms with Crippen molar-refractivity contribution in [3.05, 3.63) is 0 Å². The Morgan fingerprint density at radius 2 is 0.594 bits per heavy atom. The van der Waals surface area contributed by atoms with E-state index in [1.807, 2.05) is 0 Å². The molecule has 0 unspecified atom stereocenters. The molecule has 32 heavy (non-hydrogen) atoms. The first kappa shape index (κ1) is 31.5. The lowest BCUT2D eigenvalue weighted by Gasteiger charge is -2.03. The number of aliphatic hydroxyl groups is 1. The van der Waals surface area contributed by atoms with Crippen molar-refractivity contribution in [1.82, 2.24) is 0 Å². The summed E-state index contributed by atoms with van der Waals surface area (Å²) in [6.45, 7) is 2.65. The molecule has 0 atom stereocenters. The van der Waals surface area contributed by atoms with Crippen molar-refractivity contribution in [2.24, 2.45) is 0 Å². The first-order valence-electron chi connectivity index (χ1n) is 15.0. The van der Waals surface area contributed by atoms with Gasteiger partial charge in [0.15, 0.2) is 0 Å². The molecule has 0 fully saturated rings. The van der Waals surface area contributed by atoms with E-state index in [1.165, 1.54) is 154 Å². The molecular formula is C31H60O. The highest BCUT2D eigenvalue weighted by molar-refractivity contribution is 4.98. The smallest absolute Gasteiger partial charge is 0.0431 e. The molecule has 0 spiro atoms. The predicted molar refractivity (Wildman–Crippen MR) is 145 cm³/mol. The van der Waals surface area contributed by atoms with Gasteiger partial charge >= 0.3 is 0 Å². The van der Waals surface area contributed by atoms with Crippen LogP contribution in [-0.4, -0.2) is 11.7 Å². The average Bonchev–Trinajstić information content (AvgIpc) is 2.81. The van der Waals surface area contributed by atoms with Crippen LogP contribution in [0.3, 0.4) is 0 Å². The zero-order valence-electron chi connectivity index (χ0n) is 22.2. The van der Waals surface area contributed by atoms with Gasteiger partial charge in [-0.15, -0.1) is 11.8 Å². The van der Waals surface area contributed by atoms with Crippen molar-refractivity contribution in [2.45, 2.75) is 180 Å². The van der Waals surface area contributed by atoms with Gasteiger partial charge in [0, 0.05) is 19.4 Å². The molecule has 0 saturated carbocycles.